The zero-order valence-corrected chi connectivity index (χ0v) is 13.2. The van der Waals surface area contributed by atoms with Crippen LogP contribution in [-0.4, -0.2) is 11.9 Å². The van der Waals surface area contributed by atoms with Crippen molar-refractivity contribution in [2.75, 3.05) is 0 Å². The first kappa shape index (κ1) is 16.3. The molecule has 3 heteroatoms. The van der Waals surface area contributed by atoms with Crippen molar-refractivity contribution in [3.8, 4) is 0 Å². The number of carbonyl (C=O) groups is 2. The molecule has 1 saturated carbocycles. The van der Waals surface area contributed by atoms with Crippen LogP contribution in [0.5, 0.6) is 0 Å². The highest BCUT2D eigenvalue weighted by molar-refractivity contribution is 6.00. The number of cyclic esters (lactones) is 2. The van der Waals surface area contributed by atoms with E-state index >= 15 is 0 Å². The topological polar surface area (TPSA) is 43.4 Å². The van der Waals surface area contributed by atoms with Gasteiger partial charge in [-0.15, -0.1) is 0 Å². The minimum atomic E-state index is -0.627. The van der Waals surface area contributed by atoms with E-state index < -0.39 is 5.41 Å². The molecule has 2 aliphatic rings. The van der Waals surface area contributed by atoms with Gasteiger partial charge in [0.25, 0.3) is 0 Å². The van der Waals surface area contributed by atoms with E-state index in [9.17, 15) is 9.59 Å². The Kier molecular flexibility index (Phi) is 6.01. The maximum atomic E-state index is 12.1. The summed E-state index contributed by atoms with van der Waals surface area (Å²) in [4.78, 5) is 23.9. The first-order valence-electron chi connectivity index (χ1n) is 8.64. The Morgan fingerprint density at radius 1 is 1.14 bits per heavy atom. The highest BCUT2D eigenvalue weighted by Crippen LogP contribution is 2.48. The fourth-order valence-corrected chi connectivity index (χ4v) is 3.63. The van der Waals surface area contributed by atoms with Gasteiger partial charge in [0.05, 0.1) is 11.3 Å². The van der Waals surface area contributed by atoms with Crippen LogP contribution in [0.3, 0.4) is 0 Å². The quantitative estimate of drug-likeness (QED) is 0.285. The average molecular weight is 292 g/mol. The van der Waals surface area contributed by atoms with Crippen molar-refractivity contribution in [2.24, 2.45) is 11.3 Å². The van der Waals surface area contributed by atoms with Gasteiger partial charge in [-0.3, -0.25) is 9.59 Å². The third kappa shape index (κ3) is 3.75. The summed E-state index contributed by atoms with van der Waals surface area (Å²) in [6, 6.07) is 0. The average Bonchev–Trinajstić information content (AvgIpc) is 2.74. The molecule has 1 heterocycles. The maximum Gasteiger partial charge on any atom is 0.324 e. The van der Waals surface area contributed by atoms with Crippen LogP contribution in [0, 0.1) is 11.3 Å². The van der Waals surface area contributed by atoms with E-state index in [1.807, 2.05) is 6.08 Å². The zero-order chi connectivity index (χ0) is 15.1. The van der Waals surface area contributed by atoms with Gasteiger partial charge in [-0.05, 0) is 25.7 Å². The molecule has 0 N–H and O–H groups in total. The number of allylic oxidation sites excluding steroid dienone is 1. The fraction of sp³-hybridized carbons (Fsp3) is 0.778. The lowest BCUT2D eigenvalue weighted by Gasteiger charge is -2.30. The lowest BCUT2D eigenvalue weighted by molar-refractivity contribution is -0.154. The molecule has 2 fully saturated rings. The van der Waals surface area contributed by atoms with Crippen molar-refractivity contribution >= 4 is 11.9 Å². The molecular formula is C18H28O3. The van der Waals surface area contributed by atoms with E-state index in [4.69, 9.17) is 4.74 Å². The molecule has 3 nitrogen and oxygen atoms in total. The standard InChI is InChI=1S/C18H28O3/c1-2-3-4-5-6-7-8-10-13-18-14-11-9-12-15(18)16(19)21-17(18)20/h10,13,15H,2-9,11-12,14H2,1H3. The zero-order valence-electron chi connectivity index (χ0n) is 13.2. The second-order valence-electron chi connectivity index (χ2n) is 6.51. The molecule has 0 spiro atoms. The minimum Gasteiger partial charge on any atom is -0.392 e. The SMILES string of the molecule is CCCCCCCCC=CC12CCCCC1C(=O)OC2=O. The number of hydrogen-bond acceptors (Lipinski definition) is 3. The van der Waals surface area contributed by atoms with Crippen LogP contribution in [0.25, 0.3) is 0 Å². The smallest absolute Gasteiger partial charge is 0.324 e. The lowest BCUT2D eigenvalue weighted by Crippen LogP contribution is -2.34. The van der Waals surface area contributed by atoms with E-state index in [2.05, 4.69) is 13.0 Å². The molecule has 21 heavy (non-hydrogen) atoms. The molecule has 1 aliphatic carbocycles. The summed E-state index contributed by atoms with van der Waals surface area (Å²) < 4.78 is 4.90. The molecule has 118 valence electrons. The molecule has 2 rings (SSSR count). The Hall–Kier alpha value is -1.12. The van der Waals surface area contributed by atoms with Gasteiger partial charge in [-0.1, -0.05) is 64.0 Å². The molecule has 0 aromatic carbocycles. The van der Waals surface area contributed by atoms with Crippen molar-refractivity contribution in [1.82, 2.24) is 0 Å². The van der Waals surface area contributed by atoms with Crippen molar-refractivity contribution in [3.05, 3.63) is 12.2 Å². The summed E-state index contributed by atoms with van der Waals surface area (Å²) in [6.07, 6.45) is 16.4. The largest absolute Gasteiger partial charge is 0.392 e. The van der Waals surface area contributed by atoms with Crippen molar-refractivity contribution < 1.29 is 14.3 Å². The van der Waals surface area contributed by atoms with Gasteiger partial charge in [-0.25, -0.2) is 0 Å². The molecule has 0 bridgehead atoms. The van der Waals surface area contributed by atoms with Crippen molar-refractivity contribution in [2.45, 2.75) is 77.6 Å². The molecule has 0 radical (unpaired) electrons. The number of ether oxygens (including phenoxy) is 1. The van der Waals surface area contributed by atoms with Crippen LogP contribution in [0.2, 0.25) is 0 Å². The molecule has 1 aliphatic heterocycles. The van der Waals surface area contributed by atoms with Crippen LogP contribution in [0.1, 0.15) is 77.6 Å². The van der Waals surface area contributed by atoms with E-state index in [-0.39, 0.29) is 17.9 Å². The summed E-state index contributed by atoms with van der Waals surface area (Å²) in [5.41, 5.74) is -0.627. The number of rotatable bonds is 8. The highest BCUT2D eigenvalue weighted by Gasteiger charge is 2.56. The summed E-state index contributed by atoms with van der Waals surface area (Å²) in [7, 11) is 0. The molecule has 0 aromatic heterocycles. The van der Waals surface area contributed by atoms with E-state index in [1.165, 1.54) is 38.5 Å². The fourth-order valence-electron chi connectivity index (χ4n) is 3.63. The first-order valence-corrected chi connectivity index (χ1v) is 8.64. The number of fused-ring (bicyclic) bond motifs is 1. The Morgan fingerprint density at radius 2 is 1.90 bits per heavy atom. The van der Waals surface area contributed by atoms with Crippen molar-refractivity contribution in [3.63, 3.8) is 0 Å². The highest BCUT2D eigenvalue weighted by atomic mass is 16.6. The Balaban J connectivity index is 1.80. The maximum absolute atomic E-state index is 12.1. The van der Waals surface area contributed by atoms with Crippen LogP contribution >= 0.6 is 0 Å². The minimum absolute atomic E-state index is 0.223. The molecule has 0 aromatic rings. The summed E-state index contributed by atoms with van der Waals surface area (Å²) in [5, 5.41) is 0. The van der Waals surface area contributed by atoms with Gasteiger partial charge in [0.2, 0.25) is 0 Å². The number of carbonyl (C=O) groups excluding carboxylic acids is 2. The number of esters is 2. The Labute approximate surface area is 128 Å². The number of unbranched alkanes of at least 4 members (excludes halogenated alkanes) is 6. The van der Waals surface area contributed by atoms with Gasteiger partial charge >= 0.3 is 11.9 Å². The molecular weight excluding hydrogens is 264 g/mol. The second-order valence-corrected chi connectivity index (χ2v) is 6.51. The van der Waals surface area contributed by atoms with E-state index in [0.717, 1.165) is 32.1 Å². The summed E-state index contributed by atoms with van der Waals surface area (Å²) in [6.45, 7) is 2.23. The van der Waals surface area contributed by atoms with Gasteiger partial charge in [0.1, 0.15) is 0 Å². The van der Waals surface area contributed by atoms with Gasteiger partial charge in [0, 0.05) is 0 Å². The normalized spacial score (nSPS) is 28.9. The van der Waals surface area contributed by atoms with Crippen LogP contribution in [-0.2, 0) is 14.3 Å². The predicted octanol–water partition coefficient (Wildman–Crippen LogP) is 4.55. The molecule has 0 amide bonds. The second kappa shape index (κ2) is 7.77. The van der Waals surface area contributed by atoms with Gasteiger partial charge in [0.15, 0.2) is 0 Å². The first-order chi connectivity index (χ1) is 10.2. The predicted molar refractivity (Wildman–Crippen MR) is 82.6 cm³/mol. The van der Waals surface area contributed by atoms with Crippen LogP contribution < -0.4 is 0 Å². The molecule has 2 atom stereocenters. The Morgan fingerprint density at radius 3 is 2.71 bits per heavy atom. The summed E-state index contributed by atoms with van der Waals surface area (Å²) in [5.74, 6) is -0.833. The van der Waals surface area contributed by atoms with Crippen molar-refractivity contribution in [1.29, 1.82) is 0 Å². The van der Waals surface area contributed by atoms with Crippen LogP contribution in [0.4, 0.5) is 0 Å². The summed E-state index contributed by atoms with van der Waals surface area (Å²) >= 11 is 0. The van der Waals surface area contributed by atoms with Gasteiger partial charge in [-0.2, -0.15) is 0 Å². The third-order valence-corrected chi connectivity index (χ3v) is 4.95. The number of hydrogen-bond donors (Lipinski definition) is 0. The van der Waals surface area contributed by atoms with Crippen LogP contribution in [0.15, 0.2) is 12.2 Å². The Bertz CT molecular complexity index is 399. The van der Waals surface area contributed by atoms with Gasteiger partial charge < -0.3 is 4.74 Å². The van der Waals surface area contributed by atoms with E-state index in [1.54, 1.807) is 0 Å². The monoisotopic (exact) mass is 292 g/mol. The molecule has 2 unspecified atom stereocenters. The van der Waals surface area contributed by atoms with E-state index in [0.29, 0.717) is 0 Å². The lowest BCUT2D eigenvalue weighted by atomic mass is 9.67. The third-order valence-electron chi connectivity index (χ3n) is 4.95. The molecule has 1 saturated heterocycles.